The van der Waals surface area contributed by atoms with Crippen molar-refractivity contribution in [3.63, 3.8) is 0 Å². The second-order valence-electron chi connectivity index (χ2n) is 13.5. The van der Waals surface area contributed by atoms with E-state index < -0.39 is 15.9 Å². The van der Waals surface area contributed by atoms with Crippen LogP contribution < -0.4 is 5.32 Å². The van der Waals surface area contributed by atoms with Crippen molar-refractivity contribution in [3.05, 3.63) is 34.4 Å². The number of nitrogens with zero attached hydrogens (tertiary/aromatic N) is 2. The molecule has 0 amide bonds. The minimum absolute atomic E-state index is 0.0261. The van der Waals surface area contributed by atoms with Crippen LogP contribution in [0, 0.1) is 16.0 Å². The predicted molar refractivity (Wildman–Crippen MR) is 203 cm³/mol. The number of hydrogen-bond acceptors (Lipinski definition) is 7. The van der Waals surface area contributed by atoms with Gasteiger partial charge in [0.15, 0.2) is 0 Å². The van der Waals surface area contributed by atoms with Gasteiger partial charge in [0.1, 0.15) is 15.9 Å². The standard InChI is InChI=1S/C39H71N3O6S/c1-4-6-8-10-11-17-27-36(26-16-9-7-5-2)39(43)48-35-25-14-12-20-30-40-31-21-23-33-41(32-22-13-15-24-34-47-3)49(46)38-29-19-18-28-37(38)42(44)45/h18-19,28-29,36,40H,4-17,20-27,30-35H2,1-3H3. The van der Waals surface area contributed by atoms with Gasteiger partial charge in [-0.05, 0) is 70.5 Å². The van der Waals surface area contributed by atoms with E-state index in [1.165, 1.54) is 57.4 Å². The third-order valence-electron chi connectivity index (χ3n) is 9.14. The van der Waals surface area contributed by atoms with Crippen LogP contribution in [-0.2, 0) is 25.3 Å². The van der Waals surface area contributed by atoms with Gasteiger partial charge in [-0.1, -0.05) is 116 Å². The first-order chi connectivity index (χ1) is 24.0. The van der Waals surface area contributed by atoms with Gasteiger partial charge in [-0.25, -0.2) is 8.51 Å². The van der Waals surface area contributed by atoms with Crippen molar-refractivity contribution in [2.75, 3.05) is 46.5 Å². The van der Waals surface area contributed by atoms with Crippen LogP contribution in [0.3, 0.4) is 0 Å². The Morgan fingerprint density at radius 2 is 1.27 bits per heavy atom. The quantitative estimate of drug-likeness (QED) is 0.0323. The molecule has 1 N–H and O–H groups in total. The zero-order valence-electron chi connectivity index (χ0n) is 31.4. The summed E-state index contributed by atoms with van der Waals surface area (Å²) in [6, 6.07) is 6.36. The molecule has 0 aliphatic heterocycles. The molecule has 9 nitrogen and oxygen atoms in total. The molecule has 1 aromatic carbocycles. The Bertz CT molecular complexity index is 982. The summed E-state index contributed by atoms with van der Waals surface area (Å²) in [4.78, 5) is 24.2. The van der Waals surface area contributed by atoms with Crippen LogP contribution in [-0.4, -0.2) is 65.9 Å². The minimum atomic E-state index is -1.57. The number of nitro benzene ring substituents is 1. The van der Waals surface area contributed by atoms with Gasteiger partial charge in [0.2, 0.25) is 0 Å². The number of nitro groups is 1. The summed E-state index contributed by atoms with van der Waals surface area (Å²) in [5.74, 6) is 0.0976. The number of ether oxygens (including phenoxy) is 2. The smallest absolute Gasteiger partial charge is 0.308 e. The SMILES string of the molecule is CCCCCCCCC(CCCCCC)C(=O)OCCCCCCNCCCCN(CCCCCCOC)S(=O)c1ccccc1[N+](=O)[O-]. The maximum atomic E-state index is 13.4. The summed E-state index contributed by atoms with van der Waals surface area (Å²) in [7, 11) is 0.131. The van der Waals surface area contributed by atoms with Gasteiger partial charge in [0.25, 0.3) is 5.69 Å². The van der Waals surface area contributed by atoms with Crippen molar-refractivity contribution < 1.29 is 23.4 Å². The zero-order valence-corrected chi connectivity index (χ0v) is 32.3. The number of para-hydroxylation sites is 1. The van der Waals surface area contributed by atoms with E-state index in [0.29, 0.717) is 19.7 Å². The topological polar surface area (TPSA) is 111 Å². The number of esters is 1. The molecule has 0 spiro atoms. The lowest BCUT2D eigenvalue weighted by molar-refractivity contribution is -0.387. The number of rotatable bonds is 35. The molecule has 0 aliphatic carbocycles. The van der Waals surface area contributed by atoms with E-state index in [0.717, 1.165) is 110 Å². The fourth-order valence-corrected chi connectivity index (χ4v) is 7.47. The first-order valence-corrected chi connectivity index (χ1v) is 20.8. The van der Waals surface area contributed by atoms with Crippen LogP contribution in [0.25, 0.3) is 0 Å². The summed E-state index contributed by atoms with van der Waals surface area (Å²) in [5.41, 5.74) is -0.0868. The third-order valence-corrected chi connectivity index (χ3v) is 10.7. The zero-order chi connectivity index (χ0) is 35.8. The number of nitrogens with one attached hydrogen (secondary N) is 1. The van der Waals surface area contributed by atoms with Crippen LogP contribution in [0.15, 0.2) is 29.2 Å². The second kappa shape index (κ2) is 32.1. The largest absolute Gasteiger partial charge is 0.465 e. The monoisotopic (exact) mass is 710 g/mol. The molecule has 0 saturated carbocycles. The Morgan fingerprint density at radius 1 is 0.755 bits per heavy atom. The molecule has 284 valence electrons. The first-order valence-electron chi connectivity index (χ1n) is 19.7. The molecule has 0 fully saturated rings. The van der Waals surface area contributed by atoms with Crippen molar-refractivity contribution in [2.45, 2.75) is 160 Å². The normalized spacial score (nSPS) is 12.7. The Balaban J connectivity index is 2.29. The van der Waals surface area contributed by atoms with Gasteiger partial charge < -0.3 is 14.8 Å². The number of methoxy groups -OCH3 is 1. The molecule has 2 atom stereocenters. The maximum absolute atomic E-state index is 13.4. The van der Waals surface area contributed by atoms with Crippen molar-refractivity contribution in [3.8, 4) is 0 Å². The molecule has 2 unspecified atom stereocenters. The molecule has 0 aliphatic rings. The number of carbonyl (C=O) groups is 1. The Labute approximate surface area is 301 Å². The molecule has 0 bridgehead atoms. The second-order valence-corrected chi connectivity index (χ2v) is 14.9. The molecular weight excluding hydrogens is 639 g/mol. The number of benzene rings is 1. The highest BCUT2D eigenvalue weighted by Crippen LogP contribution is 2.24. The lowest BCUT2D eigenvalue weighted by atomic mass is 9.94. The van der Waals surface area contributed by atoms with E-state index in [-0.39, 0.29) is 22.5 Å². The first kappa shape index (κ1) is 45.1. The highest BCUT2D eigenvalue weighted by Gasteiger charge is 2.23. The summed E-state index contributed by atoms with van der Waals surface area (Å²) in [6.45, 7) is 8.86. The summed E-state index contributed by atoms with van der Waals surface area (Å²) in [5, 5.41) is 15.1. The summed E-state index contributed by atoms with van der Waals surface area (Å²) >= 11 is 0. The fourth-order valence-electron chi connectivity index (χ4n) is 6.09. The minimum Gasteiger partial charge on any atom is -0.465 e. The van der Waals surface area contributed by atoms with E-state index in [4.69, 9.17) is 9.47 Å². The van der Waals surface area contributed by atoms with Gasteiger partial charge >= 0.3 is 5.97 Å². The summed E-state index contributed by atoms with van der Waals surface area (Å²) in [6.07, 6.45) is 24.2. The van der Waals surface area contributed by atoms with Gasteiger partial charge in [0.05, 0.1) is 17.4 Å². The van der Waals surface area contributed by atoms with Crippen molar-refractivity contribution in [2.24, 2.45) is 5.92 Å². The maximum Gasteiger partial charge on any atom is 0.308 e. The van der Waals surface area contributed by atoms with E-state index in [1.54, 1.807) is 25.3 Å². The molecule has 1 aromatic rings. The summed E-state index contributed by atoms with van der Waals surface area (Å²) < 4.78 is 26.2. The number of hydrogen-bond donors (Lipinski definition) is 1. The molecular formula is C39H71N3O6S. The van der Waals surface area contributed by atoms with Crippen LogP contribution >= 0.6 is 0 Å². The Hall–Kier alpha value is -1.88. The average molecular weight is 710 g/mol. The van der Waals surface area contributed by atoms with Crippen LogP contribution in [0.2, 0.25) is 0 Å². The van der Waals surface area contributed by atoms with E-state index in [1.807, 2.05) is 4.31 Å². The van der Waals surface area contributed by atoms with Gasteiger partial charge in [-0.3, -0.25) is 14.9 Å². The van der Waals surface area contributed by atoms with Crippen LogP contribution in [0.5, 0.6) is 0 Å². The molecule has 0 heterocycles. The lowest BCUT2D eigenvalue weighted by Gasteiger charge is -2.21. The average Bonchev–Trinajstić information content (AvgIpc) is 3.11. The van der Waals surface area contributed by atoms with E-state index in [9.17, 15) is 19.1 Å². The molecule has 1 rings (SSSR count). The Kier molecular flexibility index (Phi) is 29.5. The highest BCUT2D eigenvalue weighted by molar-refractivity contribution is 7.82. The molecule has 0 radical (unpaired) electrons. The Morgan fingerprint density at radius 3 is 1.92 bits per heavy atom. The molecule has 49 heavy (non-hydrogen) atoms. The van der Waals surface area contributed by atoms with E-state index >= 15 is 0 Å². The van der Waals surface area contributed by atoms with Crippen LogP contribution in [0.1, 0.15) is 155 Å². The lowest BCUT2D eigenvalue weighted by Crippen LogP contribution is -2.29. The van der Waals surface area contributed by atoms with Gasteiger partial charge in [0, 0.05) is 32.9 Å². The van der Waals surface area contributed by atoms with Crippen molar-refractivity contribution in [1.82, 2.24) is 9.62 Å². The number of unbranched alkanes of at least 4 members (excludes halogenated alkanes) is 15. The molecule has 10 heteroatoms. The number of carbonyl (C=O) groups excluding carboxylic acids is 1. The van der Waals surface area contributed by atoms with Gasteiger partial charge in [-0.15, -0.1) is 0 Å². The van der Waals surface area contributed by atoms with Gasteiger partial charge in [-0.2, -0.15) is 0 Å². The fraction of sp³-hybridized carbons (Fsp3) is 0.821. The molecule has 0 saturated heterocycles. The van der Waals surface area contributed by atoms with Crippen molar-refractivity contribution in [1.29, 1.82) is 0 Å². The highest BCUT2D eigenvalue weighted by atomic mass is 32.2. The predicted octanol–water partition coefficient (Wildman–Crippen LogP) is 9.94. The third kappa shape index (κ3) is 23.3. The van der Waals surface area contributed by atoms with Crippen LogP contribution in [0.4, 0.5) is 5.69 Å². The molecule has 0 aromatic heterocycles. The van der Waals surface area contributed by atoms with E-state index in [2.05, 4.69) is 19.2 Å². The van der Waals surface area contributed by atoms with Crippen molar-refractivity contribution >= 4 is 22.6 Å².